The first kappa shape index (κ1) is 21.0. The average Bonchev–Trinajstić information content (AvgIpc) is 3.18. The van der Waals surface area contributed by atoms with Crippen molar-refractivity contribution in [2.75, 3.05) is 11.9 Å². The molecule has 3 aromatic carbocycles. The van der Waals surface area contributed by atoms with Gasteiger partial charge in [0.15, 0.2) is 0 Å². The van der Waals surface area contributed by atoms with Crippen LogP contribution >= 0.6 is 11.3 Å². The number of hydrogen-bond donors (Lipinski definition) is 3. The van der Waals surface area contributed by atoms with Crippen LogP contribution in [0.5, 0.6) is 0 Å². The number of para-hydroxylation sites is 2. The Balaban J connectivity index is 1.39. The number of fused-ring (bicyclic) bond motifs is 1. The number of thiazole rings is 1. The Kier molecular flexibility index (Phi) is 5.99. The van der Waals surface area contributed by atoms with E-state index in [2.05, 4.69) is 15.6 Å². The second-order valence-corrected chi connectivity index (χ2v) is 9.44. The maximum atomic E-state index is 12.4. The number of rotatable bonds is 6. The number of carbonyl (C=O) groups is 1. The molecule has 0 saturated heterocycles. The SMILES string of the molecule is NS(=O)(=O)c1ccc(CCNC(=O)Nc2ccccc2-c2nc3ccccc3s2)cc1. The fourth-order valence-corrected chi connectivity index (χ4v) is 4.62. The second-order valence-electron chi connectivity index (χ2n) is 6.85. The Morgan fingerprint density at radius 3 is 2.42 bits per heavy atom. The zero-order chi connectivity index (χ0) is 21.8. The van der Waals surface area contributed by atoms with Crippen LogP contribution in [0.1, 0.15) is 5.56 Å². The molecule has 0 aliphatic carbocycles. The van der Waals surface area contributed by atoms with E-state index in [0.717, 1.165) is 26.4 Å². The molecule has 9 heteroatoms. The van der Waals surface area contributed by atoms with Crippen LogP contribution in [0.25, 0.3) is 20.8 Å². The van der Waals surface area contributed by atoms with Gasteiger partial charge in [-0.05, 0) is 48.4 Å². The van der Waals surface area contributed by atoms with Gasteiger partial charge >= 0.3 is 6.03 Å². The molecule has 0 bridgehead atoms. The Bertz CT molecular complexity index is 1300. The normalized spacial score (nSPS) is 11.4. The van der Waals surface area contributed by atoms with Gasteiger partial charge in [-0.1, -0.05) is 36.4 Å². The van der Waals surface area contributed by atoms with Crippen LogP contribution < -0.4 is 15.8 Å². The predicted octanol–water partition coefficient (Wildman–Crippen LogP) is 3.97. The minimum Gasteiger partial charge on any atom is -0.338 e. The number of hydrogen-bond acceptors (Lipinski definition) is 5. The van der Waals surface area contributed by atoms with E-state index in [1.54, 1.807) is 23.5 Å². The van der Waals surface area contributed by atoms with Crippen LogP contribution in [0.15, 0.2) is 77.7 Å². The molecule has 0 atom stereocenters. The molecule has 4 rings (SSSR count). The maximum Gasteiger partial charge on any atom is 0.319 e. The molecule has 1 heterocycles. The Labute approximate surface area is 184 Å². The number of sulfonamides is 1. The van der Waals surface area contributed by atoms with Crippen LogP contribution in [-0.2, 0) is 16.4 Å². The summed E-state index contributed by atoms with van der Waals surface area (Å²) in [4.78, 5) is 17.1. The summed E-state index contributed by atoms with van der Waals surface area (Å²) in [6, 6.07) is 21.4. The van der Waals surface area contributed by atoms with E-state index in [-0.39, 0.29) is 10.9 Å². The first-order chi connectivity index (χ1) is 14.9. The van der Waals surface area contributed by atoms with Gasteiger partial charge in [0.2, 0.25) is 10.0 Å². The Hall–Kier alpha value is -3.27. The van der Waals surface area contributed by atoms with Crippen molar-refractivity contribution in [3.8, 4) is 10.6 Å². The first-order valence-corrected chi connectivity index (χ1v) is 11.9. The molecule has 0 unspecified atom stereocenters. The lowest BCUT2D eigenvalue weighted by Gasteiger charge is -2.11. The minimum absolute atomic E-state index is 0.0633. The molecule has 31 heavy (non-hydrogen) atoms. The molecule has 0 radical (unpaired) electrons. The molecule has 7 nitrogen and oxygen atoms in total. The highest BCUT2D eigenvalue weighted by molar-refractivity contribution is 7.89. The number of urea groups is 1. The number of nitrogens with one attached hydrogen (secondary N) is 2. The van der Waals surface area contributed by atoms with Crippen molar-refractivity contribution >= 4 is 43.3 Å². The molecule has 4 aromatic rings. The van der Waals surface area contributed by atoms with Gasteiger partial charge in [-0.3, -0.25) is 0 Å². The third-order valence-corrected chi connectivity index (χ3v) is 6.65. The lowest BCUT2D eigenvalue weighted by molar-refractivity contribution is 0.252. The second kappa shape index (κ2) is 8.84. The summed E-state index contributed by atoms with van der Waals surface area (Å²) in [7, 11) is -3.71. The quantitative estimate of drug-likeness (QED) is 0.411. The van der Waals surface area contributed by atoms with E-state index in [4.69, 9.17) is 5.14 Å². The van der Waals surface area contributed by atoms with Crippen molar-refractivity contribution in [2.45, 2.75) is 11.3 Å². The Morgan fingerprint density at radius 1 is 0.968 bits per heavy atom. The average molecular weight is 453 g/mol. The van der Waals surface area contributed by atoms with Crippen molar-refractivity contribution in [1.29, 1.82) is 0 Å². The molecule has 0 aliphatic heterocycles. The van der Waals surface area contributed by atoms with Gasteiger partial charge in [-0.25, -0.2) is 23.3 Å². The molecule has 158 valence electrons. The number of nitrogens with two attached hydrogens (primary N) is 1. The summed E-state index contributed by atoms with van der Waals surface area (Å²) in [5.41, 5.74) is 3.35. The van der Waals surface area contributed by atoms with E-state index < -0.39 is 10.0 Å². The van der Waals surface area contributed by atoms with Gasteiger partial charge in [-0.15, -0.1) is 11.3 Å². The van der Waals surface area contributed by atoms with Gasteiger partial charge in [0.1, 0.15) is 5.01 Å². The number of benzene rings is 3. The lowest BCUT2D eigenvalue weighted by Crippen LogP contribution is -2.30. The third kappa shape index (κ3) is 5.08. The maximum absolute atomic E-state index is 12.4. The summed E-state index contributed by atoms with van der Waals surface area (Å²) in [5, 5.41) is 11.6. The van der Waals surface area contributed by atoms with E-state index in [9.17, 15) is 13.2 Å². The first-order valence-electron chi connectivity index (χ1n) is 9.52. The molecule has 0 fully saturated rings. The molecule has 0 spiro atoms. The molecule has 0 saturated carbocycles. The highest BCUT2D eigenvalue weighted by Gasteiger charge is 2.12. The van der Waals surface area contributed by atoms with E-state index in [1.165, 1.54) is 12.1 Å². The smallest absolute Gasteiger partial charge is 0.319 e. The standard InChI is InChI=1S/C22H20N4O3S2/c23-31(28,29)16-11-9-15(10-12-16)13-14-24-22(27)26-18-6-2-1-5-17(18)21-25-19-7-3-4-8-20(19)30-21/h1-12H,13-14H2,(H2,23,28,29)(H2,24,26,27). The van der Waals surface area contributed by atoms with Gasteiger partial charge in [0, 0.05) is 12.1 Å². The molecule has 2 amide bonds. The monoisotopic (exact) mass is 452 g/mol. The summed E-state index contributed by atoms with van der Waals surface area (Å²) in [6.45, 7) is 0.393. The minimum atomic E-state index is -3.71. The van der Waals surface area contributed by atoms with Gasteiger partial charge in [0.25, 0.3) is 0 Å². The topological polar surface area (TPSA) is 114 Å². The van der Waals surface area contributed by atoms with Crippen molar-refractivity contribution < 1.29 is 13.2 Å². The molecular formula is C22H20N4O3S2. The number of carbonyl (C=O) groups excluding carboxylic acids is 1. The van der Waals surface area contributed by atoms with Crippen LogP contribution in [0.4, 0.5) is 10.5 Å². The van der Waals surface area contributed by atoms with Crippen LogP contribution in [-0.4, -0.2) is 26.0 Å². The molecule has 4 N–H and O–H groups in total. The van der Waals surface area contributed by atoms with Crippen LogP contribution in [0.2, 0.25) is 0 Å². The van der Waals surface area contributed by atoms with E-state index in [0.29, 0.717) is 18.7 Å². The predicted molar refractivity (Wildman–Crippen MR) is 124 cm³/mol. The Morgan fingerprint density at radius 2 is 1.68 bits per heavy atom. The summed E-state index contributed by atoms with van der Waals surface area (Å²) >= 11 is 1.58. The fourth-order valence-electron chi connectivity index (χ4n) is 3.10. The van der Waals surface area contributed by atoms with E-state index in [1.807, 2.05) is 48.5 Å². The fraction of sp³-hybridized carbons (Fsp3) is 0.0909. The highest BCUT2D eigenvalue weighted by Crippen LogP contribution is 2.34. The van der Waals surface area contributed by atoms with Crippen molar-refractivity contribution in [1.82, 2.24) is 10.3 Å². The lowest BCUT2D eigenvalue weighted by atomic mass is 10.1. The highest BCUT2D eigenvalue weighted by atomic mass is 32.2. The summed E-state index contributed by atoms with van der Waals surface area (Å²) in [5.74, 6) is 0. The molecule has 0 aliphatic rings. The van der Waals surface area contributed by atoms with Gasteiger partial charge < -0.3 is 10.6 Å². The van der Waals surface area contributed by atoms with Crippen molar-refractivity contribution in [2.24, 2.45) is 5.14 Å². The van der Waals surface area contributed by atoms with Gasteiger partial charge in [-0.2, -0.15) is 0 Å². The number of anilines is 1. The third-order valence-electron chi connectivity index (χ3n) is 4.65. The number of aromatic nitrogens is 1. The number of amides is 2. The van der Waals surface area contributed by atoms with Crippen molar-refractivity contribution in [3.63, 3.8) is 0 Å². The van der Waals surface area contributed by atoms with Gasteiger partial charge in [0.05, 0.1) is 20.8 Å². The molecular weight excluding hydrogens is 432 g/mol. The summed E-state index contributed by atoms with van der Waals surface area (Å²) < 4.78 is 23.7. The zero-order valence-corrected chi connectivity index (χ0v) is 18.0. The van der Waals surface area contributed by atoms with E-state index >= 15 is 0 Å². The van der Waals surface area contributed by atoms with Crippen molar-refractivity contribution in [3.05, 3.63) is 78.4 Å². The summed E-state index contributed by atoms with van der Waals surface area (Å²) in [6.07, 6.45) is 0.553. The largest absolute Gasteiger partial charge is 0.338 e. The van der Waals surface area contributed by atoms with Crippen LogP contribution in [0, 0.1) is 0 Å². The number of primary sulfonamides is 1. The number of nitrogens with zero attached hydrogens (tertiary/aromatic N) is 1. The molecule has 1 aromatic heterocycles. The van der Waals surface area contributed by atoms with Crippen LogP contribution in [0.3, 0.4) is 0 Å². The zero-order valence-electron chi connectivity index (χ0n) is 16.4.